The molecule has 0 aliphatic heterocycles. The van der Waals surface area contributed by atoms with Gasteiger partial charge in [0.25, 0.3) is 0 Å². The number of hydrogen-bond donors (Lipinski definition) is 1. The van der Waals surface area contributed by atoms with Gasteiger partial charge in [-0.1, -0.05) is 18.2 Å². The van der Waals surface area contributed by atoms with Gasteiger partial charge in [-0.25, -0.2) is 4.98 Å². The van der Waals surface area contributed by atoms with Crippen LogP contribution in [0.3, 0.4) is 0 Å². The van der Waals surface area contributed by atoms with Gasteiger partial charge in [0, 0.05) is 9.78 Å². The Morgan fingerprint density at radius 2 is 1.96 bits per heavy atom. The van der Waals surface area contributed by atoms with E-state index < -0.39 is 0 Å². The molecule has 128 valence electrons. The maximum Gasteiger partial charge on any atom is 0.231 e. The van der Waals surface area contributed by atoms with Gasteiger partial charge in [0.15, 0.2) is 5.58 Å². The van der Waals surface area contributed by atoms with Gasteiger partial charge in [0.05, 0.1) is 11.3 Å². The lowest BCUT2D eigenvalue weighted by molar-refractivity contribution is 0.474. The molecule has 1 N–H and O–H groups in total. The number of benzene rings is 3. The first kappa shape index (κ1) is 16.8. The fraction of sp³-hybridized carbons (Fsp3) is 0.0476. The Hall–Kier alpha value is -2.67. The van der Waals surface area contributed by atoms with Crippen LogP contribution < -0.4 is 0 Å². The molecule has 0 aliphatic rings. The van der Waals surface area contributed by atoms with Crippen molar-refractivity contribution in [1.29, 1.82) is 0 Å². The van der Waals surface area contributed by atoms with E-state index in [4.69, 9.17) is 4.42 Å². The summed E-state index contributed by atoms with van der Waals surface area (Å²) in [7, 11) is 0. The molecule has 0 spiro atoms. The molecule has 1 heterocycles. The lowest BCUT2D eigenvalue weighted by atomic mass is 10.1. The first-order valence-electron chi connectivity index (χ1n) is 8.09. The predicted octanol–water partition coefficient (Wildman–Crippen LogP) is 5.86. The molecule has 4 nitrogen and oxygen atoms in total. The number of fused-ring (bicyclic) bond motifs is 1. The van der Waals surface area contributed by atoms with Gasteiger partial charge in [-0.15, -0.1) is 0 Å². The third-order valence-electron chi connectivity index (χ3n) is 3.96. The van der Waals surface area contributed by atoms with Gasteiger partial charge >= 0.3 is 0 Å². The molecule has 4 aromatic rings. The van der Waals surface area contributed by atoms with Crippen LogP contribution in [0.15, 0.2) is 70.1 Å². The summed E-state index contributed by atoms with van der Waals surface area (Å²) in [6.45, 7) is 2.01. The van der Waals surface area contributed by atoms with Gasteiger partial charge < -0.3 is 9.52 Å². The van der Waals surface area contributed by atoms with Crippen molar-refractivity contribution < 1.29 is 9.52 Å². The topological polar surface area (TPSA) is 58.6 Å². The van der Waals surface area contributed by atoms with E-state index in [0.717, 1.165) is 25.9 Å². The zero-order valence-corrected chi connectivity index (χ0v) is 16.1. The Bertz CT molecular complexity index is 1130. The summed E-state index contributed by atoms with van der Waals surface area (Å²) < 4.78 is 6.95. The van der Waals surface area contributed by atoms with Gasteiger partial charge in [-0.3, -0.25) is 4.99 Å². The number of aromatic nitrogens is 1. The summed E-state index contributed by atoms with van der Waals surface area (Å²) in [6.07, 6.45) is 1.80. The molecule has 5 heteroatoms. The highest BCUT2D eigenvalue weighted by molar-refractivity contribution is 14.1. The molecular formula is C21H15IN2O2. The van der Waals surface area contributed by atoms with Crippen LogP contribution in [-0.2, 0) is 0 Å². The van der Waals surface area contributed by atoms with Crippen LogP contribution in [-0.4, -0.2) is 16.3 Å². The van der Waals surface area contributed by atoms with E-state index in [2.05, 4.69) is 38.6 Å². The minimum atomic E-state index is 0.112. The molecule has 0 atom stereocenters. The zero-order chi connectivity index (χ0) is 18.1. The molecular weight excluding hydrogens is 439 g/mol. The fourth-order valence-electron chi connectivity index (χ4n) is 2.66. The number of oxazole rings is 1. The molecule has 0 radical (unpaired) electrons. The standard InChI is InChI=1S/C21H15IN2O2/c1-13-5-8-20-18(9-13)24-21(26-20)17-11-16(6-7-19(17)25)23-12-14-3-2-4-15(22)10-14/h2-12,25H,1H3. The molecule has 3 aromatic carbocycles. The molecule has 0 saturated heterocycles. The van der Waals surface area contributed by atoms with Crippen LogP contribution in [0.25, 0.3) is 22.6 Å². The quantitative estimate of drug-likeness (QED) is 0.312. The van der Waals surface area contributed by atoms with E-state index in [-0.39, 0.29) is 5.75 Å². The summed E-state index contributed by atoms with van der Waals surface area (Å²) in [6, 6.07) is 19.0. The summed E-state index contributed by atoms with van der Waals surface area (Å²) in [5.74, 6) is 0.496. The number of nitrogens with zero attached hydrogens (tertiary/aromatic N) is 2. The minimum absolute atomic E-state index is 0.112. The third kappa shape index (κ3) is 3.48. The first-order valence-corrected chi connectivity index (χ1v) is 9.16. The Morgan fingerprint density at radius 1 is 1.08 bits per heavy atom. The van der Waals surface area contributed by atoms with Crippen LogP contribution >= 0.6 is 22.6 Å². The van der Waals surface area contributed by atoms with Gasteiger partial charge in [0.2, 0.25) is 5.89 Å². The normalized spacial score (nSPS) is 11.5. The van der Waals surface area contributed by atoms with E-state index in [0.29, 0.717) is 17.0 Å². The molecule has 4 rings (SSSR count). The van der Waals surface area contributed by atoms with Crippen molar-refractivity contribution in [2.75, 3.05) is 0 Å². The molecule has 0 unspecified atom stereocenters. The molecule has 0 aliphatic carbocycles. The maximum absolute atomic E-state index is 10.2. The van der Waals surface area contributed by atoms with Crippen molar-refractivity contribution in [3.05, 3.63) is 75.4 Å². The second kappa shape index (κ2) is 6.92. The molecule has 1 aromatic heterocycles. The highest BCUT2D eigenvalue weighted by atomic mass is 127. The predicted molar refractivity (Wildman–Crippen MR) is 112 cm³/mol. The monoisotopic (exact) mass is 454 g/mol. The highest BCUT2D eigenvalue weighted by Crippen LogP contribution is 2.34. The number of rotatable bonds is 3. The number of hydrogen-bond acceptors (Lipinski definition) is 4. The van der Waals surface area contributed by atoms with Crippen LogP contribution in [0.2, 0.25) is 0 Å². The minimum Gasteiger partial charge on any atom is -0.507 e. The SMILES string of the molecule is Cc1ccc2oc(-c3cc(N=Cc4cccc(I)c4)ccc3O)nc2c1. The van der Waals surface area contributed by atoms with Crippen LogP contribution in [0.1, 0.15) is 11.1 Å². The number of phenols is 1. The lowest BCUT2D eigenvalue weighted by Crippen LogP contribution is -1.82. The van der Waals surface area contributed by atoms with Crippen LogP contribution in [0.4, 0.5) is 5.69 Å². The summed E-state index contributed by atoms with van der Waals surface area (Å²) in [5, 5.41) is 10.2. The van der Waals surface area contributed by atoms with Crippen LogP contribution in [0.5, 0.6) is 5.75 Å². The second-order valence-electron chi connectivity index (χ2n) is 6.00. The number of aryl methyl sites for hydroxylation is 1. The first-order chi connectivity index (χ1) is 12.6. The van der Waals surface area contributed by atoms with Crippen molar-refractivity contribution >= 4 is 45.6 Å². The molecule has 0 amide bonds. The molecule has 26 heavy (non-hydrogen) atoms. The number of aromatic hydroxyl groups is 1. The maximum atomic E-state index is 10.2. The van der Waals surface area contributed by atoms with Crippen molar-refractivity contribution in [2.24, 2.45) is 4.99 Å². The van der Waals surface area contributed by atoms with Gasteiger partial charge in [-0.05, 0) is 83.1 Å². The van der Waals surface area contributed by atoms with Gasteiger partial charge in [-0.2, -0.15) is 0 Å². The Kier molecular flexibility index (Phi) is 4.46. The van der Waals surface area contributed by atoms with Crippen molar-refractivity contribution in [2.45, 2.75) is 6.92 Å². The van der Waals surface area contributed by atoms with Crippen LogP contribution in [0, 0.1) is 10.5 Å². The third-order valence-corrected chi connectivity index (χ3v) is 4.64. The number of halogens is 1. The highest BCUT2D eigenvalue weighted by Gasteiger charge is 2.13. The lowest BCUT2D eigenvalue weighted by Gasteiger charge is -2.02. The summed E-state index contributed by atoms with van der Waals surface area (Å²) >= 11 is 2.27. The Balaban J connectivity index is 1.71. The fourth-order valence-corrected chi connectivity index (χ4v) is 3.23. The van der Waals surface area contributed by atoms with E-state index >= 15 is 0 Å². The number of aliphatic imine (C=N–C) groups is 1. The van der Waals surface area contributed by atoms with E-state index in [1.54, 1.807) is 24.4 Å². The Labute approximate surface area is 164 Å². The number of phenolic OH excluding ortho intramolecular Hbond substituents is 1. The van der Waals surface area contributed by atoms with E-state index in [1.165, 1.54) is 0 Å². The Morgan fingerprint density at radius 3 is 2.81 bits per heavy atom. The largest absolute Gasteiger partial charge is 0.507 e. The second-order valence-corrected chi connectivity index (χ2v) is 7.25. The average molecular weight is 454 g/mol. The van der Waals surface area contributed by atoms with Crippen molar-refractivity contribution in [1.82, 2.24) is 4.98 Å². The smallest absolute Gasteiger partial charge is 0.231 e. The van der Waals surface area contributed by atoms with E-state index in [9.17, 15) is 5.11 Å². The van der Waals surface area contributed by atoms with Crippen molar-refractivity contribution in [3.8, 4) is 17.2 Å². The molecule has 0 bridgehead atoms. The molecule has 0 fully saturated rings. The summed E-state index contributed by atoms with van der Waals surface area (Å²) in [5.41, 5.74) is 4.83. The average Bonchev–Trinajstić information content (AvgIpc) is 3.04. The van der Waals surface area contributed by atoms with Crippen molar-refractivity contribution in [3.63, 3.8) is 0 Å². The zero-order valence-electron chi connectivity index (χ0n) is 14.0. The molecule has 0 saturated carbocycles. The summed E-state index contributed by atoms with van der Waals surface area (Å²) in [4.78, 5) is 9.00. The van der Waals surface area contributed by atoms with Gasteiger partial charge in [0.1, 0.15) is 11.3 Å². The van der Waals surface area contributed by atoms with E-state index in [1.807, 2.05) is 43.3 Å².